The average Bonchev–Trinajstić information content (AvgIpc) is 2.63. The molecule has 3 nitrogen and oxygen atoms in total. The lowest BCUT2D eigenvalue weighted by molar-refractivity contribution is 0.214. The van der Waals surface area contributed by atoms with Crippen LogP contribution in [-0.4, -0.2) is 61.2 Å². The van der Waals surface area contributed by atoms with Gasteiger partial charge in [-0.05, 0) is 61.2 Å². The van der Waals surface area contributed by atoms with Gasteiger partial charge >= 0.3 is 0 Å². The summed E-state index contributed by atoms with van der Waals surface area (Å²) in [7, 11) is 4.39. The van der Waals surface area contributed by atoms with Crippen molar-refractivity contribution < 1.29 is 0 Å². The largest absolute Gasteiger partial charge is 0.312 e. The van der Waals surface area contributed by atoms with Crippen molar-refractivity contribution in [3.63, 3.8) is 0 Å². The molecule has 17 heavy (non-hydrogen) atoms. The van der Waals surface area contributed by atoms with E-state index < -0.39 is 0 Å². The fourth-order valence-electron chi connectivity index (χ4n) is 2.43. The van der Waals surface area contributed by atoms with Crippen molar-refractivity contribution in [3.8, 4) is 0 Å². The number of likely N-dealkylation sites (N-methyl/N-ethyl adjacent to an activating group) is 1. The molecule has 2 unspecified atom stereocenters. The minimum absolute atomic E-state index is 0.247. The van der Waals surface area contributed by atoms with Crippen LogP contribution < -0.4 is 5.32 Å². The van der Waals surface area contributed by atoms with Crippen molar-refractivity contribution in [2.24, 2.45) is 0 Å². The zero-order chi connectivity index (χ0) is 13.1. The summed E-state index contributed by atoms with van der Waals surface area (Å²) in [6.07, 6.45) is 2.57. The lowest BCUT2D eigenvalue weighted by Gasteiger charge is -2.27. The Hall–Kier alpha value is -0.120. The van der Waals surface area contributed by atoms with E-state index in [1.165, 1.54) is 25.9 Å². The molecule has 0 aromatic rings. The SMILES string of the molecule is CC(CCNC(C)(C)C)N1CCC(N(C)C)C1. The maximum atomic E-state index is 3.57. The normalized spacial score (nSPS) is 24.5. The van der Waals surface area contributed by atoms with Crippen LogP contribution >= 0.6 is 0 Å². The summed E-state index contributed by atoms with van der Waals surface area (Å²) in [6, 6.07) is 1.46. The van der Waals surface area contributed by atoms with E-state index in [4.69, 9.17) is 0 Å². The van der Waals surface area contributed by atoms with Crippen molar-refractivity contribution in [1.29, 1.82) is 0 Å². The van der Waals surface area contributed by atoms with Gasteiger partial charge in [0.1, 0.15) is 0 Å². The molecule has 0 spiro atoms. The van der Waals surface area contributed by atoms with Crippen LogP contribution in [0.3, 0.4) is 0 Å². The van der Waals surface area contributed by atoms with Crippen LogP contribution in [0.2, 0.25) is 0 Å². The van der Waals surface area contributed by atoms with Gasteiger partial charge in [-0.25, -0.2) is 0 Å². The first-order valence-corrected chi connectivity index (χ1v) is 6.95. The second-order valence-corrected chi connectivity index (χ2v) is 6.72. The lowest BCUT2D eigenvalue weighted by Crippen LogP contribution is -2.41. The molecule has 2 atom stereocenters. The first-order valence-electron chi connectivity index (χ1n) is 6.95. The first kappa shape index (κ1) is 14.9. The van der Waals surface area contributed by atoms with Gasteiger partial charge in [-0.1, -0.05) is 0 Å². The average molecular weight is 241 g/mol. The minimum atomic E-state index is 0.247. The Balaban J connectivity index is 2.23. The Morgan fingerprint density at radius 2 is 2.00 bits per heavy atom. The number of hydrogen-bond acceptors (Lipinski definition) is 3. The summed E-state index contributed by atoms with van der Waals surface area (Å²) < 4.78 is 0. The molecule has 1 N–H and O–H groups in total. The minimum Gasteiger partial charge on any atom is -0.312 e. The molecule has 1 heterocycles. The fourth-order valence-corrected chi connectivity index (χ4v) is 2.43. The van der Waals surface area contributed by atoms with E-state index in [0.717, 1.165) is 12.6 Å². The summed E-state index contributed by atoms with van der Waals surface area (Å²) in [5.74, 6) is 0. The van der Waals surface area contributed by atoms with Crippen molar-refractivity contribution in [3.05, 3.63) is 0 Å². The van der Waals surface area contributed by atoms with Crippen LogP contribution in [0.4, 0.5) is 0 Å². The second-order valence-electron chi connectivity index (χ2n) is 6.72. The van der Waals surface area contributed by atoms with Crippen LogP contribution in [0.5, 0.6) is 0 Å². The smallest absolute Gasteiger partial charge is 0.0229 e. The maximum absolute atomic E-state index is 3.57. The first-order chi connectivity index (χ1) is 7.79. The third kappa shape index (κ3) is 5.36. The number of rotatable bonds is 5. The topological polar surface area (TPSA) is 18.5 Å². The third-order valence-electron chi connectivity index (χ3n) is 3.77. The summed E-state index contributed by atoms with van der Waals surface area (Å²) in [4.78, 5) is 5.00. The summed E-state index contributed by atoms with van der Waals surface area (Å²) in [5.41, 5.74) is 0.247. The van der Waals surface area contributed by atoms with E-state index in [0.29, 0.717) is 6.04 Å². The Kier molecular flexibility index (Phi) is 5.42. The number of likely N-dealkylation sites (tertiary alicyclic amines) is 1. The summed E-state index contributed by atoms with van der Waals surface area (Å²) in [5, 5.41) is 3.57. The molecule has 0 aromatic carbocycles. The van der Waals surface area contributed by atoms with Crippen LogP contribution in [0.1, 0.15) is 40.5 Å². The van der Waals surface area contributed by atoms with Crippen molar-refractivity contribution in [2.45, 2.75) is 58.2 Å². The van der Waals surface area contributed by atoms with E-state index in [1.54, 1.807) is 0 Å². The van der Waals surface area contributed by atoms with E-state index in [9.17, 15) is 0 Å². The van der Waals surface area contributed by atoms with Gasteiger partial charge in [-0.3, -0.25) is 4.90 Å². The van der Waals surface area contributed by atoms with Crippen LogP contribution in [-0.2, 0) is 0 Å². The van der Waals surface area contributed by atoms with E-state index in [2.05, 4.69) is 56.9 Å². The lowest BCUT2D eigenvalue weighted by atomic mass is 10.1. The van der Waals surface area contributed by atoms with Crippen LogP contribution in [0.25, 0.3) is 0 Å². The van der Waals surface area contributed by atoms with E-state index >= 15 is 0 Å². The Morgan fingerprint density at radius 3 is 2.47 bits per heavy atom. The zero-order valence-corrected chi connectivity index (χ0v) is 12.6. The van der Waals surface area contributed by atoms with Gasteiger partial charge in [0.2, 0.25) is 0 Å². The summed E-state index contributed by atoms with van der Waals surface area (Å²) in [6.45, 7) is 12.7. The Morgan fingerprint density at radius 1 is 1.35 bits per heavy atom. The summed E-state index contributed by atoms with van der Waals surface area (Å²) >= 11 is 0. The van der Waals surface area contributed by atoms with E-state index in [1.807, 2.05) is 0 Å². The van der Waals surface area contributed by atoms with Gasteiger partial charge in [0.15, 0.2) is 0 Å². The quantitative estimate of drug-likeness (QED) is 0.792. The van der Waals surface area contributed by atoms with E-state index in [-0.39, 0.29) is 5.54 Å². The van der Waals surface area contributed by atoms with Gasteiger partial charge in [0.25, 0.3) is 0 Å². The Labute approximate surface area is 108 Å². The van der Waals surface area contributed by atoms with Crippen molar-refractivity contribution >= 4 is 0 Å². The van der Waals surface area contributed by atoms with Crippen LogP contribution in [0.15, 0.2) is 0 Å². The van der Waals surface area contributed by atoms with Crippen LogP contribution in [0, 0.1) is 0 Å². The Bertz CT molecular complexity index is 220. The predicted octanol–water partition coefficient (Wildman–Crippen LogP) is 1.79. The number of nitrogens with zero attached hydrogens (tertiary/aromatic N) is 2. The highest BCUT2D eigenvalue weighted by atomic mass is 15.2. The molecule has 1 saturated heterocycles. The van der Waals surface area contributed by atoms with Crippen molar-refractivity contribution in [1.82, 2.24) is 15.1 Å². The molecule has 0 aromatic heterocycles. The molecule has 0 aliphatic carbocycles. The zero-order valence-electron chi connectivity index (χ0n) is 12.6. The molecule has 102 valence electrons. The molecule has 0 radical (unpaired) electrons. The molecular weight excluding hydrogens is 210 g/mol. The van der Waals surface area contributed by atoms with Gasteiger partial charge < -0.3 is 10.2 Å². The van der Waals surface area contributed by atoms with Gasteiger partial charge in [-0.2, -0.15) is 0 Å². The highest BCUT2D eigenvalue weighted by Gasteiger charge is 2.26. The number of hydrogen-bond donors (Lipinski definition) is 1. The monoisotopic (exact) mass is 241 g/mol. The second kappa shape index (κ2) is 6.17. The predicted molar refractivity (Wildman–Crippen MR) is 75.5 cm³/mol. The highest BCUT2D eigenvalue weighted by molar-refractivity contribution is 4.84. The van der Waals surface area contributed by atoms with Crippen molar-refractivity contribution in [2.75, 3.05) is 33.7 Å². The molecule has 1 rings (SSSR count). The van der Waals surface area contributed by atoms with Gasteiger partial charge in [-0.15, -0.1) is 0 Å². The molecular formula is C14H31N3. The molecule has 1 aliphatic heterocycles. The highest BCUT2D eigenvalue weighted by Crippen LogP contribution is 2.17. The fraction of sp³-hybridized carbons (Fsp3) is 1.00. The maximum Gasteiger partial charge on any atom is 0.0229 e. The molecule has 1 aliphatic rings. The standard InChI is InChI=1S/C14H31N3/c1-12(7-9-15-14(2,3)4)17-10-8-13(11-17)16(5)6/h12-13,15H,7-11H2,1-6H3. The number of nitrogens with one attached hydrogen (secondary N) is 1. The molecule has 0 bridgehead atoms. The molecule has 0 saturated carbocycles. The molecule has 3 heteroatoms. The van der Waals surface area contributed by atoms with Gasteiger partial charge in [0, 0.05) is 30.7 Å². The molecule has 1 fully saturated rings. The van der Waals surface area contributed by atoms with Gasteiger partial charge in [0.05, 0.1) is 0 Å². The molecule has 0 amide bonds. The third-order valence-corrected chi connectivity index (χ3v) is 3.77.